The molecule has 0 saturated heterocycles. The number of aromatic amines is 2. The number of H-pyrrole nitrogens is 2. The van der Waals surface area contributed by atoms with E-state index in [0.717, 1.165) is 106 Å². The van der Waals surface area contributed by atoms with Gasteiger partial charge in [0.15, 0.2) is 0 Å². The number of carboxylic acids is 1. The molecule has 7 aromatic rings. The number of aryl methyl sites for hydroxylation is 1. The Morgan fingerprint density at radius 2 is 0.739 bits per heavy atom. The molecule has 0 aliphatic carbocycles. The van der Waals surface area contributed by atoms with Gasteiger partial charge in [0.25, 0.3) is 0 Å². The lowest BCUT2D eigenvalue weighted by molar-refractivity contribution is -0.136. The van der Waals surface area contributed by atoms with Gasteiger partial charge in [0.1, 0.15) is 0 Å². The molecule has 0 radical (unpaired) electrons. The molecule has 2 aliphatic heterocycles. The summed E-state index contributed by atoms with van der Waals surface area (Å²) < 4.78 is 0. The molecule has 3 aromatic heterocycles. The molecule has 350 valence electrons. The lowest BCUT2D eigenvalue weighted by Crippen LogP contribution is -2.14. The molecular weight excluding hydrogens is 845 g/mol. The first-order valence-electron chi connectivity index (χ1n) is 24.3. The van der Waals surface area contributed by atoms with Crippen LogP contribution in [0.25, 0.3) is 90.9 Å². The van der Waals surface area contributed by atoms with E-state index in [0.29, 0.717) is 0 Å². The second kappa shape index (κ2) is 17.2. The Morgan fingerprint density at radius 1 is 0.420 bits per heavy atom. The molecule has 3 N–H and O–H groups in total. The predicted molar refractivity (Wildman–Crippen MR) is 291 cm³/mol. The van der Waals surface area contributed by atoms with Gasteiger partial charge in [-0.15, -0.1) is 0 Å². The van der Waals surface area contributed by atoms with Crippen LogP contribution in [0.15, 0.2) is 109 Å². The van der Waals surface area contributed by atoms with Crippen LogP contribution >= 0.6 is 0 Å². The van der Waals surface area contributed by atoms with Gasteiger partial charge in [0, 0.05) is 44.3 Å². The van der Waals surface area contributed by atoms with E-state index in [1.165, 1.54) is 16.7 Å². The van der Waals surface area contributed by atoms with Crippen molar-refractivity contribution in [2.75, 3.05) is 0 Å². The lowest BCUT2D eigenvalue weighted by atomic mass is 9.81. The van der Waals surface area contributed by atoms with Crippen molar-refractivity contribution in [3.05, 3.63) is 165 Å². The molecule has 6 heteroatoms. The quantitative estimate of drug-likeness (QED) is 0.155. The van der Waals surface area contributed by atoms with E-state index in [1.807, 2.05) is 0 Å². The normalized spacial score (nSPS) is 13.1. The van der Waals surface area contributed by atoms with Crippen LogP contribution < -0.4 is 0 Å². The third-order valence-electron chi connectivity index (χ3n) is 13.7. The fourth-order valence-corrected chi connectivity index (χ4v) is 9.74. The van der Waals surface area contributed by atoms with E-state index < -0.39 is 5.97 Å². The summed E-state index contributed by atoms with van der Waals surface area (Å²) in [7, 11) is 0. The molecule has 69 heavy (non-hydrogen) atoms. The average molecular weight is 911 g/mol. The fourth-order valence-electron chi connectivity index (χ4n) is 9.74. The van der Waals surface area contributed by atoms with Crippen LogP contribution in [0.2, 0.25) is 0 Å². The summed E-state index contributed by atoms with van der Waals surface area (Å²) in [5.41, 5.74) is 20.9. The average Bonchev–Trinajstić information content (AvgIpc) is 4.12. The Labute approximate surface area is 408 Å². The number of aromatic nitrogens is 4. The number of nitrogens with zero attached hydrogens (tertiary/aromatic N) is 2. The molecule has 0 amide bonds. The Hall–Kier alpha value is -7.05. The molecule has 5 heterocycles. The number of rotatable bonds is 6. The molecule has 8 bridgehead atoms. The highest BCUT2D eigenvalue weighted by atomic mass is 16.4. The SMILES string of the molecule is Cc1cc(C(C)(C)C)cc(CC(=O)O)c1-c1c2nc(c(-c3ccc(C(C)(C)C)cc3)c3ccc([nH]3)c(-c3ccc(C(C)(C)C)cc3)c3ccc([nH]3)c(-c3ccc(C(C)(C)C)cc3)c3nc1C=C3)C=C2. The van der Waals surface area contributed by atoms with Crippen molar-refractivity contribution in [1.29, 1.82) is 0 Å². The van der Waals surface area contributed by atoms with Gasteiger partial charge in [0.2, 0.25) is 0 Å². The Balaban J connectivity index is 1.46. The molecule has 6 nitrogen and oxygen atoms in total. The van der Waals surface area contributed by atoms with Crippen LogP contribution in [0.5, 0.6) is 0 Å². The monoisotopic (exact) mass is 911 g/mol. The number of carbonyl (C=O) groups is 1. The van der Waals surface area contributed by atoms with Crippen LogP contribution in [-0.2, 0) is 32.9 Å². The minimum Gasteiger partial charge on any atom is -0.481 e. The molecule has 2 aliphatic rings. The summed E-state index contributed by atoms with van der Waals surface area (Å²) in [4.78, 5) is 31.7. The van der Waals surface area contributed by atoms with Gasteiger partial charge >= 0.3 is 5.97 Å². The van der Waals surface area contributed by atoms with Crippen molar-refractivity contribution in [3.8, 4) is 44.5 Å². The highest BCUT2D eigenvalue weighted by Gasteiger charge is 2.26. The van der Waals surface area contributed by atoms with Crippen LogP contribution in [0.1, 0.15) is 139 Å². The van der Waals surface area contributed by atoms with Gasteiger partial charge in [-0.3, -0.25) is 4.79 Å². The third kappa shape index (κ3) is 9.30. The zero-order valence-corrected chi connectivity index (χ0v) is 42.7. The highest BCUT2D eigenvalue weighted by molar-refractivity contribution is 6.01. The van der Waals surface area contributed by atoms with Gasteiger partial charge in [-0.1, -0.05) is 168 Å². The summed E-state index contributed by atoms with van der Waals surface area (Å²) in [5, 5.41) is 10.5. The zero-order chi connectivity index (χ0) is 49.4. The zero-order valence-electron chi connectivity index (χ0n) is 42.7. The van der Waals surface area contributed by atoms with E-state index in [9.17, 15) is 9.90 Å². The van der Waals surface area contributed by atoms with Crippen molar-refractivity contribution in [2.24, 2.45) is 0 Å². The minimum atomic E-state index is -0.891. The maximum absolute atomic E-state index is 12.8. The van der Waals surface area contributed by atoms with E-state index in [1.54, 1.807) is 0 Å². The largest absolute Gasteiger partial charge is 0.481 e. The van der Waals surface area contributed by atoms with Crippen molar-refractivity contribution in [2.45, 2.75) is 118 Å². The smallest absolute Gasteiger partial charge is 0.307 e. The number of benzene rings is 4. The molecule has 0 fully saturated rings. The summed E-state index contributed by atoms with van der Waals surface area (Å²) in [5.74, 6) is -0.891. The topological polar surface area (TPSA) is 94.7 Å². The van der Waals surface area contributed by atoms with E-state index in [4.69, 9.17) is 9.97 Å². The van der Waals surface area contributed by atoms with Gasteiger partial charge < -0.3 is 15.1 Å². The van der Waals surface area contributed by atoms with Gasteiger partial charge in [-0.25, -0.2) is 9.97 Å². The second-order valence-corrected chi connectivity index (χ2v) is 23.1. The minimum absolute atomic E-state index is 0.00215. The fraction of sp³-hybridized carbons (Fsp3) is 0.286. The molecule has 9 rings (SSSR count). The standard InChI is InChI=1S/C63H66N4O2/c1-37-34-45(63(11,12)13)35-41(36-54(68)69)55(37)59-52-32-30-50(66-52)57(39-16-22-43(23-17-39)61(5,6)7)48-28-26-46(64-48)56(38-14-20-42(21-15-38)60(2,3)4)47-27-29-49(65-47)58(51-31-33-53(59)67-51)40-18-24-44(25-19-40)62(8,9)10/h14-35,64-65H,36H2,1-13H3,(H,68,69). The summed E-state index contributed by atoms with van der Waals surface area (Å²) >= 11 is 0. The molecule has 0 spiro atoms. The molecule has 0 atom stereocenters. The number of hydrogen-bond acceptors (Lipinski definition) is 3. The van der Waals surface area contributed by atoms with Crippen LogP contribution in [-0.4, -0.2) is 31.0 Å². The second-order valence-electron chi connectivity index (χ2n) is 23.1. The van der Waals surface area contributed by atoms with Crippen LogP contribution in [0.3, 0.4) is 0 Å². The number of carboxylic acid groups (broad SMARTS) is 1. The third-order valence-corrected chi connectivity index (χ3v) is 13.7. The molecule has 0 unspecified atom stereocenters. The van der Waals surface area contributed by atoms with E-state index >= 15 is 0 Å². The Morgan fingerprint density at radius 3 is 1.07 bits per heavy atom. The Kier molecular flexibility index (Phi) is 11.7. The van der Waals surface area contributed by atoms with Gasteiger partial charge in [0.05, 0.1) is 29.2 Å². The van der Waals surface area contributed by atoms with Crippen molar-refractivity contribution in [3.63, 3.8) is 0 Å². The summed E-state index contributed by atoms with van der Waals surface area (Å²) in [6.45, 7) is 28.7. The highest BCUT2D eigenvalue weighted by Crippen LogP contribution is 2.42. The maximum atomic E-state index is 12.8. The van der Waals surface area contributed by atoms with Crippen molar-refractivity contribution < 1.29 is 9.90 Å². The Bertz CT molecular complexity index is 3230. The maximum Gasteiger partial charge on any atom is 0.307 e. The van der Waals surface area contributed by atoms with Crippen molar-refractivity contribution >= 4 is 52.3 Å². The summed E-state index contributed by atoms with van der Waals surface area (Å²) in [6.07, 6.45) is 8.21. The first-order valence-corrected chi connectivity index (χ1v) is 24.3. The van der Waals surface area contributed by atoms with Crippen LogP contribution in [0, 0.1) is 6.92 Å². The number of aliphatic carboxylic acids is 1. The predicted octanol–water partition coefficient (Wildman–Crippen LogP) is 16.4. The number of nitrogens with one attached hydrogen (secondary N) is 2. The van der Waals surface area contributed by atoms with Gasteiger partial charge in [-0.05, 0) is 133 Å². The van der Waals surface area contributed by atoms with E-state index in [2.05, 4.69) is 233 Å². The van der Waals surface area contributed by atoms with Crippen LogP contribution in [0.4, 0.5) is 0 Å². The van der Waals surface area contributed by atoms with E-state index in [-0.39, 0.29) is 28.1 Å². The molecule has 4 aromatic carbocycles. The number of hydrogen-bond donors (Lipinski definition) is 3. The first-order chi connectivity index (χ1) is 32.4. The number of fused-ring (bicyclic) bond motifs is 8. The molecular formula is C63H66N4O2. The van der Waals surface area contributed by atoms with Gasteiger partial charge in [-0.2, -0.15) is 0 Å². The first kappa shape index (κ1) is 47.0. The summed E-state index contributed by atoms with van der Waals surface area (Å²) in [6, 6.07) is 39.7. The van der Waals surface area contributed by atoms with Crippen molar-refractivity contribution in [1.82, 2.24) is 19.9 Å². The lowest BCUT2D eigenvalue weighted by Gasteiger charge is -2.23. The molecule has 0 saturated carbocycles.